The van der Waals surface area contributed by atoms with E-state index in [1.54, 1.807) is 0 Å². The Hall–Kier alpha value is -3.79. The van der Waals surface area contributed by atoms with Crippen molar-refractivity contribution >= 4 is 35.6 Å². The molecule has 1 aromatic heterocycles. The lowest BCUT2D eigenvalue weighted by molar-refractivity contribution is -0.139. The number of amides is 2. The van der Waals surface area contributed by atoms with Gasteiger partial charge in [0.05, 0.1) is 0 Å². The number of carbonyl (C=O) groups is 3. The minimum atomic E-state index is -1.14. The fourth-order valence-electron chi connectivity index (χ4n) is 3.90. The van der Waals surface area contributed by atoms with E-state index in [9.17, 15) is 19.5 Å². The molecule has 2 amide bonds. The van der Waals surface area contributed by atoms with E-state index in [0.717, 1.165) is 22.3 Å². The summed E-state index contributed by atoms with van der Waals surface area (Å²) in [7, 11) is 0. The van der Waals surface area contributed by atoms with Gasteiger partial charge in [-0.15, -0.1) is 0 Å². The highest BCUT2D eigenvalue weighted by Gasteiger charge is 2.29. The largest absolute Gasteiger partial charge is 0.480 e. The number of carboxylic acid groups (broad SMARTS) is 1. The summed E-state index contributed by atoms with van der Waals surface area (Å²) < 4.78 is 10.4. The molecule has 0 saturated heterocycles. The molecule has 3 aromatic rings. The third-order valence-electron chi connectivity index (χ3n) is 5.53. The fraction of sp³-hybridized carbons (Fsp3) is 0.250. The third kappa shape index (κ3) is 5.07. The van der Waals surface area contributed by atoms with Crippen molar-refractivity contribution in [2.45, 2.75) is 18.4 Å². The minimum absolute atomic E-state index is 0.0849. The van der Waals surface area contributed by atoms with Gasteiger partial charge in [-0.05, 0) is 40.7 Å². The number of thioether (sulfide) groups is 1. The Bertz CT molecular complexity index is 1170. The molecule has 0 spiro atoms. The first-order valence-corrected chi connectivity index (χ1v) is 12.0. The maximum absolute atomic E-state index is 12.4. The number of carboxylic acids is 1. The maximum atomic E-state index is 12.4. The smallest absolute Gasteiger partial charge is 0.414 e. The van der Waals surface area contributed by atoms with Gasteiger partial charge in [0.2, 0.25) is 5.88 Å². The van der Waals surface area contributed by atoms with E-state index >= 15 is 0 Å². The van der Waals surface area contributed by atoms with Crippen molar-refractivity contribution in [2.75, 3.05) is 23.9 Å². The van der Waals surface area contributed by atoms with Crippen molar-refractivity contribution in [1.29, 1.82) is 0 Å². The lowest BCUT2D eigenvalue weighted by Crippen LogP contribution is -2.41. The Morgan fingerprint density at radius 1 is 1.12 bits per heavy atom. The van der Waals surface area contributed by atoms with E-state index in [2.05, 4.69) is 15.8 Å². The molecule has 3 N–H and O–H groups in total. The topological polar surface area (TPSA) is 131 Å². The molecule has 2 aromatic carbocycles. The fourth-order valence-corrected chi connectivity index (χ4v) is 4.37. The molecule has 176 valence electrons. The average Bonchev–Trinajstić information content (AvgIpc) is 3.43. The first kappa shape index (κ1) is 23.4. The summed E-state index contributed by atoms with van der Waals surface area (Å²) in [4.78, 5) is 36.0. The summed E-state index contributed by atoms with van der Waals surface area (Å²) in [6.45, 7) is 0.122. The minimum Gasteiger partial charge on any atom is -0.480 e. The molecule has 1 aliphatic rings. The zero-order chi connectivity index (χ0) is 24.1. The number of aliphatic carboxylic acids is 1. The van der Waals surface area contributed by atoms with Gasteiger partial charge < -0.3 is 19.7 Å². The van der Waals surface area contributed by atoms with Gasteiger partial charge in [-0.2, -0.15) is 11.8 Å². The highest BCUT2D eigenvalue weighted by Crippen LogP contribution is 2.44. The number of aromatic nitrogens is 1. The van der Waals surface area contributed by atoms with Crippen molar-refractivity contribution < 1.29 is 28.8 Å². The molecule has 0 aliphatic heterocycles. The van der Waals surface area contributed by atoms with Crippen LogP contribution in [0.2, 0.25) is 0 Å². The zero-order valence-electron chi connectivity index (χ0n) is 18.3. The van der Waals surface area contributed by atoms with E-state index < -0.39 is 24.0 Å². The van der Waals surface area contributed by atoms with Crippen LogP contribution in [0.1, 0.15) is 34.0 Å². The number of ether oxygens (including phenoxy) is 1. The van der Waals surface area contributed by atoms with Crippen molar-refractivity contribution in [1.82, 2.24) is 10.5 Å². The third-order valence-corrected chi connectivity index (χ3v) is 6.17. The summed E-state index contributed by atoms with van der Waals surface area (Å²) in [6, 6.07) is 16.2. The lowest BCUT2D eigenvalue weighted by Gasteiger charge is -2.14. The Labute approximate surface area is 199 Å². The Kier molecular flexibility index (Phi) is 7.17. The predicted molar refractivity (Wildman–Crippen MR) is 127 cm³/mol. The Morgan fingerprint density at radius 3 is 2.38 bits per heavy atom. The van der Waals surface area contributed by atoms with Crippen LogP contribution in [-0.4, -0.2) is 52.9 Å². The molecule has 0 unspecified atom stereocenters. The molecule has 0 saturated carbocycles. The van der Waals surface area contributed by atoms with Gasteiger partial charge in [0.25, 0.3) is 5.91 Å². The van der Waals surface area contributed by atoms with E-state index in [0.29, 0.717) is 5.75 Å². The normalized spacial score (nSPS) is 13.0. The van der Waals surface area contributed by atoms with Crippen molar-refractivity contribution in [3.8, 4) is 11.1 Å². The number of fused-ring (bicyclic) bond motifs is 3. The van der Waals surface area contributed by atoms with Gasteiger partial charge in [0.1, 0.15) is 12.6 Å². The van der Waals surface area contributed by atoms with Crippen LogP contribution in [0.3, 0.4) is 0 Å². The van der Waals surface area contributed by atoms with Crippen LogP contribution in [0.25, 0.3) is 11.1 Å². The van der Waals surface area contributed by atoms with E-state index in [-0.39, 0.29) is 30.5 Å². The highest BCUT2D eigenvalue weighted by atomic mass is 32.2. The van der Waals surface area contributed by atoms with E-state index in [1.807, 2.05) is 54.8 Å². The summed E-state index contributed by atoms with van der Waals surface area (Å²) in [5, 5.41) is 17.7. The molecular weight excluding hydrogens is 458 g/mol. The second-order valence-corrected chi connectivity index (χ2v) is 8.66. The van der Waals surface area contributed by atoms with Crippen molar-refractivity contribution in [2.24, 2.45) is 0 Å². The Balaban J connectivity index is 1.35. The molecule has 10 heteroatoms. The molecule has 1 aliphatic carbocycles. The summed E-state index contributed by atoms with van der Waals surface area (Å²) in [6.07, 6.45) is 1.36. The molecule has 0 fully saturated rings. The second kappa shape index (κ2) is 10.4. The number of nitrogens with zero attached hydrogens (tertiary/aromatic N) is 1. The molecule has 0 bridgehead atoms. The van der Waals surface area contributed by atoms with Gasteiger partial charge in [-0.1, -0.05) is 53.7 Å². The van der Waals surface area contributed by atoms with Gasteiger partial charge in [-0.25, -0.2) is 9.59 Å². The van der Waals surface area contributed by atoms with Crippen LogP contribution in [0.4, 0.5) is 10.7 Å². The molecule has 1 atom stereocenters. The molecule has 34 heavy (non-hydrogen) atoms. The first-order chi connectivity index (χ1) is 16.5. The van der Waals surface area contributed by atoms with Crippen molar-refractivity contribution in [3.63, 3.8) is 0 Å². The van der Waals surface area contributed by atoms with Crippen LogP contribution < -0.4 is 10.6 Å². The van der Waals surface area contributed by atoms with Gasteiger partial charge in [-0.3, -0.25) is 10.1 Å². The zero-order valence-corrected chi connectivity index (χ0v) is 19.1. The molecule has 4 rings (SSSR count). The number of hydrogen-bond donors (Lipinski definition) is 3. The molecule has 9 nitrogen and oxygen atoms in total. The quantitative estimate of drug-likeness (QED) is 0.418. The van der Waals surface area contributed by atoms with Gasteiger partial charge in [0.15, 0.2) is 5.69 Å². The SMILES string of the molecule is CSCC[C@@H](NC(=O)c1cc(NC(=O)OCC2c3ccccc3-c3ccccc32)on1)C(=O)O. The molecular formula is C24H23N3O6S. The van der Waals surface area contributed by atoms with Gasteiger partial charge >= 0.3 is 12.1 Å². The summed E-state index contributed by atoms with van der Waals surface area (Å²) in [5.74, 6) is -1.45. The van der Waals surface area contributed by atoms with Crippen LogP contribution in [0, 0.1) is 0 Å². The van der Waals surface area contributed by atoms with E-state index in [1.165, 1.54) is 17.8 Å². The monoisotopic (exact) mass is 481 g/mol. The summed E-state index contributed by atoms with van der Waals surface area (Å²) in [5.41, 5.74) is 4.27. The lowest BCUT2D eigenvalue weighted by atomic mass is 9.98. The number of nitrogens with one attached hydrogen (secondary N) is 2. The van der Waals surface area contributed by atoms with Crippen LogP contribution in [0.5, 0.6) is 0 Å². The number of hydrogen-bond acceptors (Lipinski definition) is 7. The average molecular weight is 482 g/mol. The number of benzene rings is 2. The van der Waals surface area contributed by atoms with Gasteiger partial charge in [0, 0.05) is 12.0 Å². The van der Waals surface area contributed by atoms with Crippen LogP contribution in [0.15, 0.2) is 59.1 Å². The highest BCUT2D eigenvalue weighted by molar-refractivity contribution is 7.98. The molecule has 0 radical (unpaired) electrons. The van der Waals surface area contributed by atoms with E-state index in [4.69, 9.17) is 9.26 Å². The summed E-state index contributed by atoms with van der Waals surface area (Å²) >= 11 is 1.48. The number of carbonyl (C=O) groups excluding carboxylic acids is 2. The maximum Gasteiger partial charge on any atom is 0.414 e. The van der Waals surface area contributed by atoms with Crippen molar-refractivity contribution in [3.05, 3.63) is 71.4 Å². The Morgan fingerprint density at radius 2 is 1.76 bits per heavy atom. The number of anilines is 1. The van der Waals surface area contributed by atoms with Crippen LogP contribution in [-0.2, 0) is 9.53 Å². The second-order valence-electron chi connectivity index (χ2n) is 7.67. The standard InChI is InChI=1S/C24H23N3O6S/c1-34-11-10-19(23(29)30)25-22(28)20-12-21(33-27-20)26-24(31)32-13-18-16-8-4-2-6-14(16)15-7-3-5-9-17(15)18/h2-9,12,18-19H,10-11,13H2,1H3,(H,25,28)(H,26,31)(H,29,30)/t19-/m1/s1. The number of rotatable bonds is 9. The predicted octanol–water partition coefficient (Wildman–Crippen LogP) is 3.97. The van der Waals surface area contributed by atoms with Crippen LogP contribution >= 0.6 is 11.8 Å². The molecule has 1 heterocycles. The first-order valence-electron chi connectivity index (χ1n) is 10.6.